The number of ether oxygens (including phenoxy) is 2. The van der Waals surface area contributed by atoms with Gasteiger partial charge in [-0.3, -0.25) is 0 Å². The molecule has 0 radical (unpaired) electrons. The van der Waals surface area contributed by atoms with Crippen LogP contribution in [0.2, 0.25) is 0 Å². The largest absolute Gasteiger partial charge is 0.483 e. The maximum Gasteiger partial charge on any atom is 0.169 e. The van der Waals surface area contributed by atoms with Gasteiger partial charge in [-0.25, -0.2) is 4.39 Å². The molecule has 21 heavy (non-hydrogen) atoms. The summed E-state index contributed by atoms with van der Waals surface area (Å²) in [6, 6.07) is 10.6. The number of hydrogen-bond acceptors (Lipinski definition) is 2. The van der Waals surface area contributed by atoms with Gasteiger partial charge in [-0.15, -0.1) is 0 Å². The van der Waals surface area contributed by atoms with E-state index in [0.717, 1.165) is 17.5 Å². The molecule has 0 bridgehead atoms. The highest BCUT2D eigenvalue weighted by atomic mass is 79.9. The molecule has 0 spiro atoms. The fourth-order valence-electron chi connectivity index (χ4n) is 2.55. The first-order chi connectivity index (χ1) is 10.00. The third-order valence-corrected chi connectivity index (χ3v) is 4.06. The van der Waals surface area contributed by atoms with Gasteiger partial charge >= 0.3 is 0 Å². The van der Waals surface area contributed by atoms with Gasteiger partial charge in [0.2, 0.25) is 0 Å². The number of para-hydroxylation sites is 2. The van der Waals surface area contributed by atoms with Gasteiger partial charge in [-0.05, 0) is 26.0 Å². The Balaban J connectivity index is 2.00. The molecule has 3 rings (SSSR count). The summed E-state index contributed by atoms with van der Waals surface area (Å²) in [6.07, 6.45) is 0.822. The van der Waals surface area contributed by atoms with E-state index in [4.69, 9.17) is 9.47 Å². The molecule has 0 fully saturated rings. The van der Waals surface area contributed by atoms with Crippen LogP contribution in [0.25, 0.3) is 0 Å². The van der Waals surface area contributed by atoms with E-state index in [1.54, 1.807) is 6.07 Å². The highest BCUT2D eigenvalue weighted by Crippen LogP contribution is 2.44. The zero-order valence-electron chi connectivity index (χ0n) is 12.0. The van der Waals surface area contributed by atoms with Crippen LogP contribution in [0, 0.1) is 5.82 Å². The van der Waals surface area contributed by atoms with E-state index < -0.39 is 0 Å². The molecule has 0 aliphatic carbocycles. The van der Waals surface area contributed by atoms with Gasteiger partial charge in [0.15, 0.2) is 23.1 Å². The third-order valence-electron chi connectivity index (χ3n) is 3.46. The SMILES string of the molecule is CC1(C)Cc2cccc(Oc3c(F)cccc3CBr)c2O1. The quantitative estimate of drug-likeness (QED) is 0.706. The van der Waals surface area contributed by atoms with E-state index in [1.165, 1.54) is 6.07 Å². The van der Waals surface area contributed by atoms with Gasteiger partial charge < -0.3 is 9.47 Å². The van der Waals surface area contributed by atoms with Gasteiger partial charge in [0, 0.05) is 22.9 Å². The summed E-state index contributed by atoms with van der Waals surface area (Å²) in [5, 5.41) is 0.529. The lowest BCUT2D eigenvalue weighted by molar-refractivity contribution is 0.135. The van der Waals surface area contributed by atoms with Crippen LogP contribution in [0.3, 0.4) is 0 Å². The highest BCUT2D eigenvalue weighted by Gasteiger charge is 2.32. The van der Waals surface area contributed by atoms with E-state index in [0.29, 0.717) is 16.8 Å². The molecule has 2 nitrogen and oxygen atoms in total. The number of hydrogen-bond donors (Lipinski definition) is 0. The Morgan fingerprint density at radius 2 is 2.00 bits per heavy atom. The van der Waals surface area contributed by atoms with Crippen LogP contribution in [-0.2, 0) is 11.8 Å². The van der Waals surface area contributed by atoms with Crippen LogP contribution in [0.1, 0.15) is 25.0 Å². The predicted molar refractivity (Wildman–Crippen MR) is 84.0 cm³/mol. The molecule has 0 unspecified atom stereocenters. The molecule has 0 saturated heterocycles. The summed E-state index contributed by atoms with van der Waals surface area (Å²) in [5.74, 6) is 1.15. The highest BCUT2D eigenvalue weighted by molar-refractivity contribution is 9.08. The van der Waals surface area contributed by atoms with Crippen molar-refractivity contribution in [2.45, 2.75) is 31.2 Å². The Labute approximate surface area is 132 Å². The van der Waals surface area contributed by atoms with Crippen molar-refractivity contribution in [2.24, 2.45) is 0 Å². The molecule has 0 N–H and O–H groups in total. The molecule has 0 atom stereocenters. The first-order valence-electron chi connectivity index (χ1n) is 6.82. The smallest absolute Gasteiger partial charge is 0.169 e. The zero-order chi connectivity index (χ0) is 15.0. The third kappa shape index (κ3) is 2.77. The number of halogens is 2. The Morgan fingerprint density at radius 1 is 1.24 bits per heavy atom. The van der Waals surface area contributed by atoms with E-state index in [2.05, 4.69) is 15.9 Å². The van der Waals surface area contributed by atoms with Crippen molar-refractivity contribution < 1.29 is 13.9 Å². The van der Waals surface area contributed by atoms with Crippen LogP contribution in [0.15, 0.2) is 36.4 Å². The number of benzene rings is 2. The molecule has 1 aliphatic heterocycles. The maximum atomic E-state index is 14.0. The molecule has 0 saturated carbocycles. The Bertz CT molecular complexity index is 682. The standard InChI is InChI=1S/C17H16BrFO2/c1-17(2)9-11-5-4-8-14(16(11)21-17)20-15-12(10-18)6-3-7-13(15)19/h3-8H,9-10H2,1-2H3. The van der Waals surface area contributed by atoms with Crippen molar-refractivity contribution >= 4 is 15.9 Å². The molecule has 110 valence electrons. The predicted octanol–water partition coefficient (Wildman–Crippen LogP) is 5.23. The molecule has 2 aromatic rings. The van der Waals surface area contributed by atoms with Gasteiger partial charge in [-0.2, -0.15) is 0 Å². The first-order valence-corrected chi connectivity index (χ1v) is 7.94. The molecule has 0 aromatic heterocycles. The van der Waals surface area contributed by atoms with Crippen molar-refractivity contribution in [1.29, 1.82) is 0 Å². The fraction of sp³-hybridized carbons (Fsp3) is 0.294. The number of alkyl halides is 1. The van der Waals surface area contributed by atoms with Gasteiger partial charge in [0.05, 0.1) is 0 Å². The molecule has 1 aliphatic rings. The summed E-state index contributed by atoms with van der Waals surface area (Å²) < 4.78 is 25.8. The summed E-state index contributed by atoms with van der Waals surface area (Å²) in [6.45, 7) is 4.06. The molecular formula is C17H16BrFO2. The van der Waals surface area contributed by atoms with Crippen molar-refractivity contribution in [1.82, 2.24) is 0 Å². The van der Waals surface area contributed by atoms with Crippen LogP contribution < -0.4 is 9.47 Å². The van der Waals surface area contributed by atoms with E-state index in [1.807, 2.05) is 38.1 Å². The monoisotopic (exact) mass is 350 g/mol. The Hall–Kier alpha value is -1.55. The van der Waals surface area contributed by atoms with Crippen LogP contribution in [0.5, 0.6) is 17.2 Å². The Kier molecular flexibility index (Phi) is 3.66. The van der Waals surface area contributed by atoms with Gasteiger partial charge in [-0.1, -0.05) is 40.2 Å². The average Bonchev–Trinajstić information content (AvgIpc) is 2.76. The second-order valence-corrected chi connectivity index (χ2v) is 6.31. The molecule has 0 amide bonds. The minimum absolute atomic E-state index is 0.246. The second kappa shape index (κ2) is 5.34. The minimum atomic E-state index is -0.373. The van der Waals surface area contributed by atoms with Crippen LogP contribution in [0.4, 0.5) is 4.39 Å². The summed E-state index contributed by atoms with van der Waals surface area (Å²) in [7, 11) is 0. The summed E-state index contributed by atoms with van der Waals surface area (Å²) in [5.41, 5.74) is 1.61. The average molecular weight is 351 g/mol. The number of rotatable bonds is 3. The van der Waals surface area contributed by atoms with Crippen LogP contribution >= 0.6 is 15.9 Å². The number of fused-ring (bicyclic) bond motifs is 1. The lowest BCUT2D eigenvalue weighted by atomic mass is 10.0. The second-order valence-electron chi connectivity index (χ2n) is 5.75. The van der Waals surface area contributed by atoms with Crippen molar-refractivity contribution in [3.05, 3.63) is 53.3 Å². The minimum Gasteiger partial charge on any atom is -0.483 e. The maximum absolute atomic E-state index is 14.0. The topological polar surface area (TPSA) is 18.5 Å². The van der Waals surface area contributed by atoms with Gasteiger partial charge in [0.25, 0.3) is 0 Å². The van der Waals surface area contributed by atoms with Crippen molar-refractivity contribution in [3.63, 3.8) is 0 Å². The van der Waals surface area contributed by atoms with E-state index >= 15 is 0 Å². The van der Waals surface area contributed by atoms with Gasteiger partial charge in [0.1, 0.15) is 5.60 Å². The zero-order valence-corrected chi connectivity index (χ0v) is 13.5. The molecular weight excluding hydrogens is 335 g/mol. The lowest BCUT2D eigenvalue weighted by Crippen LogP contribution is -2.24. The van der Waals surface area contributed by atoms with Crippen molar-refractivity contribution in [3.8, 4) is 17.2 Å². The summed E-state index contributed by atoms with van der Waals surface area (Å²) in [4.78, 5) is 0. The van der Waals surface area contributed by atoms with Crippen LogP contribution in [-0.4, -0.2) is 5.60 Å². The first kappa shape index (κ1) is 14.4. The van der Waals surface area contributed by atoms with Crippen molar-refractivity contribution in [2.75, 3.05) is 0 Å². The fourth-order valence-corrected chi connectivity index (χ4v) is 2.99. The molecule has 4 heteroatoms. The van der Waals surface area contributed by atoms with E-state index in [-0.39, 0.29) is 17.2 Å². The normalized spacial score (nSPS) is 15.4. The molecule has 1 heterocycles. The summed E-state index contributed by atoms with van der Waals surface area (Å²) >= 11 is 3.36. The van der Waals surface area contributed by atoms with E-state index in [9.17, 15) is 4.39 Å². The Morgan fingerprint density at radius 3 is 2.76 bits per heavy atom. The lowest BCUT2D eigenvalue weighted by Gasteiger charge is -2.18. The molecule has 2 aromatic carbocycles.